The van der Waals surface area contributed by atoms with Gasteiger partial charge in [0.15, 0.2) is 6.71 Å². The van der Waals surface area contributed by atoms with Gasteiger partial charge in [0, 0.05) is 47.9 Å². The van der Waals surface area contributed by atoms with Gasteiger partial charge in [0.1, 0.15) is 11.2 Å². The average molecular weight is 784 g/mol. The zero-order valence-corrected chi connectivity index (χ0v) is 33.7. The minimum absolute atomic E-state index is 0.457. The van der Waals surface area contributed by atoms with E-state index in [1.807, 2.05) is 23.5 Å². The van der Waals surface area contributed by atoms with E-state index in [0.717, 1.165) is 57.1 Å². The topological polar surface area (TPSA) is 16.4 Å². The van der Waals surface area contributed by atoms with E-state index in [-0.39, 0.29) is 0 Å². The van der Waals surface area contributed by atoms with Crippen LogP contribution in [-0.2, 0) is 12.6 Å². The Hall–Kier alpha value is -7.14. The highest BCUT2D eigenvalue weighted by molar-refractivity contribution is 7.25. The summed E-state index contributed by atoms with van der Waals surface area (Å²) in [4.78, 5) is 2.49. The van der Waals surface area contributed by atoms with Crippen LogP contribution < -0.4 is 10.4 Å². The van der Waals surface area contributed by atoms with Crippen molar-refractivity contribution >= 4 is 82.7 Å². The first-order valence-electron chi connectivity index (χ1n) is 20.8. The lowest BCUT2D eigenvalue weighted by Crippen LogP contribution is -2.31. The molecule has 4 heteroatoms. The zero-order valence-electron chi connectivity index (χ0n) is 32.9. The maximum absolute atomic E-state index is 6.37. The fourth-order valence-corrected chi connectivity index (χ4v) is 10.7. The highest BCUT2D eigenvalue weighted by Gasteiger charge is 2.30. The molecule has 0 spiro atoms. The van der Waals surface area contributed by atoms with Gasteiger partial charge in [0.25, 0.3) is 0 Å². The number of rotatable bonds is 7. The molecule has 9 aromatic carbocycles. The number of hydrogen-bond donors (Lipinski definition) is 0. The van der Waals surface area contributed by atoms with Gasteiger partial charge in [0.05, 0.1) is 5.69 Å². The van der Waals surface area contributed by atoms with E-state index in [0.29, 0.717) is 6.71 Å². The second-order valence-electron chi connectivity index (χ2n) is 16.0. The zero-order chi connectivity index (χ0) is 39.6. The minimum atomic E-state index is 0.457. The summed E-state index contributed by atoms with van der Waals surface area (Å²) in [6, 6.07) is 75.5. The first kappa shape index (κ1) is 34.9. The van der Waals surface area contributed by atoms with Gasteiger partial charge >= 0.3 is 0 Å². The van der Waals surface area contributed by atoms with Crippen LogP contribution in [0.1, 0.15) is 11.1 Å². The van der Waals surface area contributed by atoms with Crippen LogP contribution in [0.25, 0.3) is 75.5 Å². The van der Waals surface area contributed by atoms with E-state index < -0.39 is 0 Å². The van der Waals surface area contributed by atoms with Crippen LogP contribution in [0.15, 0.2) is 211 Å². The predicted octanol–water partition coefficient (Wildman–Crippen LogP) is 15.0. The van der Waals surface area contributed by atoms with Crippen LogP contribution in [0, 0.1) is 0 Å². The van der Waals surface area contributed by atoms with Gasteiger partial charge in [-0.1, -0.05) is 157 Å². The SMILES string of the molecule is c1ccc(B2Cc3cccc(-c4cc5c(cc4N(c4ccc(-c6ccccc6)cc4)c4cccc(-c6ccc7c(c6)oc6ccccc67)c4)sc4ccccc45)c3C2)cc1. The van der Waals surface area contributed by atoms with Gasteiger partial charge in [-0.3, -0.25) is 0 Å². The smallest absolute Gasteiger partial charge is 0.184 e. The van der Waals surface area contributed by atoms with Gasteiger partial charge in [-0.2, -0.15) is 0 Å². The van der Waals surface area contributed by atoms with E-state index in [4.69, 9.17) is 4.42 Å². The standard InChI is InChI=1S/C56H38BNOS/c1-3-13-37(14-4-1)38-25-28-43(29-26-38)58(44-19-11-15-39(31-44)40-27-30-47-46-20-7-9-23-53(46)59-54(47)32-40)52-34-56-50(48-21-8-10-24-55(48)60-56)33-49(52)45-22-12-16-41-35-57(36-51(41)45)42-17-5-2-6-18-42/h1-34H,35-36H2. The number of para-hydroxylation sites is 1. The van der Waals surface area contributed by atoms with Crippen LogP contribution in [-0.4, -0.2) is 6.71 Å². The molecule has 0 unspecified atom stereocenters. The molecule has 12 rings (SSSR count). The number of benzene rings is 9. The molecule has 60 heavy (non-hydrogen) atoms. The van der Waals surface area contributed by atoms with E-state index in [2.05, 4.69) is 199 Å². The third-order valence-electron chi connectivity index (χ3n) is 12.5. The van der Waals surface area contributed by atoms with Crippen molar-refractivity contribution in [2.75, 3.05) is 4.90 Å². The largest absolute Gasteiger partial charge is 0.456 e. The number of thiophene rings is 1. The fourth-order valence-electron chi connectivity index (χ4n) is 9.62. The lowest BCUT2D eigenvalue weighted by atomic mass is 9.43. The van der Waals surface area contributed by atoms with E-state index in [1.165, 1.54) is 64.7 Å². The predicted molar refractivity (Wildman–Crippen MR) is 257 cm³/mol. The first-order chi connectivity index (χ1) is 29.7. The number of hydrogen-bond acceptors (Lipinski definition) is 3. The number of furan rings is 1. The number of fused-ring (bicyclic) bond motifs is 7. The minimum Gasteiger partial charge on any atom is -0.456 e. The molecule has 1 aliphatic rings. The summed E-state index contributed by atoms with van der Waals surface area (Å²) in [5.41, 5.74) is 16.7. The maximum atomic E-state index is 6.37. The normalized spacial score (nSPS) is 12.5. The average Bonchev–Trinajstić information content (AvgIpc) is 4.03. The van der Waals surface area contributed by atoms with Gasteiger partial charge in [-0.25, -0.2) is 0 Å². The number of anilines is 3. The van der Waals surface area contributed by atoms with Crippen molar-refractivity contribution in [1.82, 2.24) is 0 Å². The molecule has 0 fully saturated rings. The van der Waals surface area contributed by atoms with Crippen molar-refractivity contribution in [3.8, 4) is 33.4 Å². The van der Waals surface area contributed by atoms with Crippen molar-refractivity contribution in [3.63, 3.8) is 0 Å². The Balaban J connectivity index is 1.07. The molecule has 2 nitrogen and oxygen atoms in total. The highest BCUT2D eigenvalue weighted by atomic mass is 32.1. The molecule has 0 atom stereocenters. The molecule has 282 valence electrons. The van der Waals surface area contributed by atoms with Crippen molar-refractivity contribution in [3.05, 3.63) is 217 Å². The monoisotopic (exact) mass is 783 g/mol. The fraction of sp³-hybridized carbons (Fsp3) is 0.0357. The molecule has 0 bridgehead atoms. The molecule has 0 amide bonds. The summed E-state index contributed by atoms with van der Waals surface area (Å²) in [7, 11) is 0. The highest BCUT2D eigenvalue weighted by Crippen LogP contribution is 2.48. The molecule has 0 N–H and O–H groups in total. The molecule has 0 saturated carbocycles. The Morgan fingerprint density at radius 1 is 0.417 bits per heavy atom. The van der Waals surface area contributed by atoms with Crippen LogP contribution in [0.2, 0.25) is 0 Å². The van der Waals surface area contributed by atoms with Gasteiger partial charge in [0.2, 0.25) is 0 Å². The Labute approximate surface area is 353 Å². The van der Waals surface area contributed by atoms with Crippen LogP contribution in [0.4, 0.5) is 17.1 Å². The summed E-state index contributed by atoms with van der Waals surface area (Å²) < 4.78 is 8.96. The Kier molecular flexibility index (Phi) is 8.31. The van der Waals surface area contributed by atoms with Crippen molar-refractivity contribution in [1.29, 1.82) is 0 Å². The van der Waals surface area contributed by atoms with E-state index in [9.17, 15) is 0 Å². The summed E-state index contributed by atoms with van der Waals surface area (Å²) in [6.45, 7) is 0.457. The quantitative estimate of drug-likeness (QED) is 0.150. The molecule has 3 heterocycles. The maximum Gasteiger partial charge on any atom is 0.184 e. The van der Waals surface area contributed by atoms with E-state index >= 15 is 0 Å². The summed E-state index contributed by atoms with van der Waals surface area (Å²) in [5, 5.41) is 4.89. The first-order valence-corrected chi connectivity index (χ1v) is 21.6. The van der Waals surface area contributed by atoms with Crippen molar-refractivity contribution in [2.45, 2.75) is 12.6 Å². The Morgan fingerprint density at radius 3 is 1.97 bits per heavy atom. The Morgan fingerprint density at radius 2 is 1.10 bits per heavy atom. The van der Waals surface area contributed by atoms with E-state index in [1.54, 1.807) is 0 Å². The lowest BCUT2D eigenvalue weighted by Gasteiger charge is -2.29. The van der Waals surface area contributed by atoms with Crippen molar-refractivity contribution in [2.24, 2.45) is 0 Å². The summed E-state index contributed by atoms with van der Waals surface area (Å²) >= 11 is 1.88. The third-order valence-corrected chi connectivity index (χ3v) is 13.7. The van der Waals surface area contributed by atoms with Gasteiger partial charge in [-0.05, 0) is 107 Å². The van der Waals surface area contributed by atoms with Gasteiger partial charge < -0.3 is 9.32 Å². The molecule has 11 aromatic rings. The summed E-state index contributed by atoms with van der Waals surface area (Å²) in [6.07, 6.45) is 2.07. The third kappa shape index (κ3) is 5.94. The van der Waals surface area contributed by atoms with Crippen LogP contribution >= 0.6 is 11.3 Å². The molecular formula is C56H38BNOS. The Bertz CT molecular complexity index is 3390. The summed E-state index contributed by atoms with van der Waals surface area (Å²) in [5.74, 6) is 0. The molecule has 2 aromatic heterocycles. The molecule has 0 saturated heterocycles. The molecule has 1 aliphatic heterocycles. The number of nitrogens with zero attached hydrogens (tertiary/aromatic N) is 1. The van der Waals surface area contributed by atoms with Crippen molar-refractivity contribution < 1.29 is 4.42 Å². The second-order valence-corrected chi connectivity index (χ2v) is 17.1. The molecule has 0 aliphatic carbocycles. The molecule has 0 radical (unpaired) electrons. The molecular weight excluding hydrogens is 746 g/mol. The second kappa shape index (κ2) is 14.3. The van der Waals surface area contributed by atoms with Gasteiger partial charge in [-0.15, -0.1) is 11.3 Å². The van der Waals surface area contributed by atoms with Crippen LogP contribution in [0.3, 0.4) is 0 Å². The van der Waals surface area contributed by atoms with Crippen LogP contribution in [0.5, 0.6) is 0 Å². The lowest BCUT2D eigenvalue weighted by molar-refractivity contribution is 0.669.